The molecule has 1 unspecified atom stereocenters. The number of hydrogen-bond acceptors (Lipinski definition) is 4. The highest BCUT2D eigenvalue weighted by atomic mass is 19.1. The summed E-state index contributed by atoms with van der Waals surface area (Å²) in [6.07, 6.45) is 8.39. The van der Waals surface area contributed by atoms with Crippen LogP contribution in [0.4, 0.5) is 10.2 Å². The van der Waals surface area contributed by atoms with Gasteiger partial charge in [0.2, 0.25) is 0 Å². The number of carbonyl (C=O) groups is 1. The minimum Gasteiger partial charge on any atom is -0.364 e. The first-order chi connectivity index (χ1) is 11.6. The molecule has 24 heavy (non-hydrogen) atoms. The Morgan fingerprint density at radius 1 is 1.38 bits per heavy atom. The van der Waals surface area contributed by atoms with Crippen molar-refractivity contribution in [2.24, 2.45) is 5.73 Å². The summed E-state index contributed by atoms with van der Waals surface area (Å²) in [6, 6.07) is 3.81. The molecule has 0 radical (unpaired) electrons. The molecular weight excluding hydrogens is 309 g/mol. The molecule has 3 heterocycles. The van der Waals surface area contributed by atoms with Crippen LogP contribution in [0.1, 0.15) is 36.2 Å². The molecule has 0 aromatic carbocycles. The van der Waals surface area contributed by atoms with Crippen molar-refractivity contribution in [1.82, 2.24) is 14.6 Å². The van der Waals surface area contributed by atoms with Gasteiger partial charge in [0.25, 0.3) is 5.91 Å². The second kappa shape index (κ2) is 5.74. The summed E-state index contributed by atoms with van der Waals surface area (Å²) < 4.78 is 15.1. The topological polar surface area (TPSA) is 76.5 Å². The number of anilines is 1. The van der Waals surface area contributed by atoms with E-state index in [4.69, 9.17) is 5.73 Å². The van der Waals surface area contributed by atoms with Gasteiger partial charge in [0.05, 0.1) is 12.2 Å². The molecule has 0 bridgehead atoms. The first kappa shape index (κ1) is 14.9. The zero-order valence-electron chi connectivity index (χ0n) is 13.2. The van der Waals surface area contributed by atoms with Crippen LogP contribution in [-0.2, 0) is 0 Å². The maximum Gasteiger partial charge on any atom is 0.269 e. The van der Waals surface area contributed by atoms with Crippen LogP contribution < -0.4 is 10.6 Å². The van der Waals surface area contributed by atoms with Crippen LogP contribution in [0.25, 0.3) is 5.65 Å². The molecule has 2 N–H and O–H groups in total. The van der Waals surface area contributed by atoms with Gasteiger partial charge in [-0.1, -0.05) is 6.08 Å². The number of primary amides is 1. The SMILES string of the molecule is NC(=O)c1cnc2ccc(N3CCCC3C3=CCCC(F)=C3)nn12. The highest BCUT2D eigenvalue weighted by molar-refractivity contribution is 5.91. The lowest BCUT2D eigenvalue weighted by Gasteiger charge is -2.27. The van der Waals surface area contributed by atoms with Crippen LogP contribution in [0, 0.1) is 0 Å². The Kier molecular flexibility index (Phi) is 3.55. The van der Waals surface area contributed by atoms with Crippen LogP contribution in [-0.4, -0.2) is 33.1 Å². The summed E-state index contributed by atoms with van der Waals surface area (Å²) in [5.41, 5.74) is 7.22. The van der Waals surface area contributed by atoms with Gasteiger partial charge in [-0.2, -0.15) is 0 Å². The van der Waals surface area contributed by atoms with Gasteiger partial charge in [-0.05, 0) is 43.0 Å². The zero-order valence-corrected chi connectivity index (χ0v) is 13.2. The van der Waals surface area contributed by atoms with Gasteiger partial charge >= 0.3 is 0 Å². The monoisotopic (exact) mass is 327 g/mol. The lowest BCUT2D eigenvalue weighted by atomic mass is 9.98. The van der Waals surface area contributed by atoms with Crippen molar-refractivity contribution >= 4 is 17.4 Å². The number of aromatic nitrogens is 3. The van der Waals surface area contributed by atoms with E-state index in [1.807, 2.05) is 12.1 Å². The van der Waals surface area contributed by atoms with Gasteiger partial charge in [-0.15, -0.1) is 5.10 Å². The van der Waals surface area contributed by atoms with Crippen LogP contribution in [0.2, 0.25) is 0 Å². The minimum atomic E-state index is -0.565. The molecule has 1 amide bonds. The number of hydrogen-bond donors (Lipinski definition) is 1. The first-order valence-corrected chi connectivity index (χ1v) is 8.11. The number of nitrogens with zero attached hydrogens (tertiary/aromatic N) is 4. The lowest BCUT2D eigenvalue weighted by Crippen LogP contribution is -2.32. The average molecular weight is 327 g/mol. The molecule has 2 aliphatic rings. The molecule has 1 saturated heterocycles. The maximum absolute atomic E-state index is 13.6. The second-order valence-corrected chi connectivity index (χ2v) is 6.15. The molecule has 6 nitrogen and oxygen atoms in total. The maximum atomic E-state index is 13.6. The van der Waals surface area contributed by atoms with Crippen molar-refractivity contribution in [3.63, 3.8) is 0 Å². The van der Waals surface area contributed by atoms with Crippen molar-refractivity contribution in [3.05, 3.63) is 47.6 Å². The van der Waals surface area contributed by atoms with Crippen molar-refractivity contribution in [2.45, 2.75) is 31.7 Å². The van der Waals surface area contributed by atoms with Crippen molar-refractivity contribution in [2.75, 3.05) is 11.4 Å². The summed E-state index contributed by atoms with van der Waals surface area (Å²) in [5, 5.41) is 4.54. The van der Waals surface area contributed by atoms with Crippen molar-refractivity contribution < 1.29 is 9.18 Å². The number of rotatable bonds is 3. The Hall–Kier alpha value is -2.70. The van der Waals surface area contributed by atoms with Crippen LogP contribution in [0.3, 0.4) is 0 Å². The molecule has 0 spiro atoms. The van der Waals surface area contributed by atoms with Gasteiger partial charge in [0, 0.05) is 13.0 Å². The second-order valence-electron chi connectivity index (χ2n) is 6.15. The first-order valence-electron chi connectivity index (χ1n) is 8.11. The number of fused-ring (bicyclic) bond motifs is 1. The van der Waals surface area contributed by atoms with Crippen molar-refractivity contribution in [3.8, 4) is 0 Å². The summed E-state index contributed by atoms with van der Waals surface area (Å²) in [5.74, 6) is 0.115. The molecule has 124 valence electrons. The Morgan fingerprint density at radius 2 is 2.25 bits per heavy atom. The van der Waals surface area contributed by atoms with Crippen LogP contribution in [0.5, 0.6) is 0 Å². The summed E-state index contributed by atoms with van der Waals surface area (Å²) in [7, 11) is 0. The number of nitrogens with two attached hydrogens (primary N) is 1. The van der Waals surface area contributed by atoms with Crippen LogP contribution in [0.15, 0.2) is 41.9 Å². The molecule has 2 aromatic heterocycles. The summed E-state index contributed by atoms with van der Waals surface area (Å²) in [4.78, 5) is 17.8. The highest BCUT2D eigenvalue weighted by Gasteiger charge is 2.29. The Labute approximate surface area is 138 Å². The minimum absolute atomic E-state index is 0.0617. The number of halogens is 1. The van der Waals surface area contributed by atoms with E-state index in [0.29, 0.717) is 12.1 Å². The van der Waals surface area contributed by atoms with E-state index < -0.39 is 5.91 Å². The smallest absolute Gasteiger partial charge is 0.269 e. The zero-order chi connectivity index (χ0) is 16.7. The highest BCUT2D eigenvalue weighted by Crippen LogP contribution is 2.32. The van der Waals surface area contributed by atoms with Gasteiger partial charge < -0.3 is 10.6 Å². The number of imidazole rings is 1. The standard InChI is InChI=1S/C17H18FN5O/c18-12-4-1-3-11(9-12)13-5-2-8-22(13)16-7-6-15-20-10-14(17(19)24)23(15)21-16/h3,6-7,9-10,13H,1-2,4-5,8H2,(H2,19,24). The number of amides is 1. The third kappa shape index (κ3) is 2.46. The predicted molar refractivity (Wildman–Crippen MR) is 88.4 cm³/mol. The third-order valence-corrected chi connectivity index (χ3v) is 4.62. The molecular formula is C17H18FN5O. The van der Waals surface area contributed by atoms with Crippen molar-refractivity contribution in [1.29, 1.82) is 0 Å². The van der Waals surface area contributed by atoms with E-state index in [2.05, 4.69) is 21.1 Å². The predicted octanol–water partition coefficient (Wildman–Crippen LogP) is 2.37. The number of allylic oxidation sites excluding steroid dienone is 2. The molecule has 1 aliphatic heterocycles. The average Bonchev–Trinajstić information content (AvgIpc) is 3.21. The number of carbonyl (C=O) groups excluding carboxylic acids is 1. The third-order valence-electron chi connectivity index (χ3n) is 4.62. The normalized spacial score (nSPS) is 21.0. The molecule has 2 aromatic rings. The molecule has 1 fully saturated rings. The van der Waals surface area contributed by atoms with E-state index in [1.54, 1.807) is 6.08 Å². The van der Waals surface area contributed by atoms with Gasteiger partial charge in [-0.3, -0.25) is 4.79 Å². The largest absolute Gasteiger partial charge is 0.364 e. The van der Waals surface area contributed by atoms with E-state index >= 15 is 0 Å². The molecule has 0 saturated carbocycles. The van der Waals surface area contributed by atoms with E-state index in [1.165, 1.54) is 10.7 Å². The van der Waals surface area contributed by atoms with Gasteiger partial charge in [0.15, 0.2) is 5.65 Å². The summed E-state index contributed by atoms with van der Waals surface area (Å²) in [6.45, 7) is 0.844. The molecule has 1 atom stereocenters. The van der Waals surface area contributed by atoms with Crippen LogP contribution >= 0.6 is 0 Å². The van der Waals surface area contributed by atoms with E-state index in [-0.39, 0.29) is 17.6 Å². The quantitative estimate of drug-likeness (QED) is 0.939. The fraction of sp³-hybridized carbons (Fsp3) is 0.353. The molecule has 7 heteroatoms. The summed E-state index contributed by atoms with van der Waals surface area (Å²) >= 11 is 0. The van der Waals surface area contributed by atoms with E-state index in [0.717, 1.165) is 37.2 Å². The fourth-order valence-electron chi connectivity index (χ4n) is 3.49. The van der Waals surface area contributed by atoms with Gasteiger partial charge in [0.1, 0.15) is 17.3 Å². The van der Waals surface area contributed by atoms with Gasteiger partial charge in [-0.25, -0.2) is 13.9 Å². The Balaban J connectivity index is 1.72. The lowest BCUT2D eigenvalue weighted by molar-refractivity contribution is 0.0993. The molecule has 1 aliphatic carbocycles. The Bertz CT molecular complexity index is 869. The molecule has 4 rings (SSSR count). The fourth-order valence-corrected chi connectivity index (χ4v) is 3.49. The van der Waals surface area contributed by atoms with E-state index in [9.17, 15) is 9.18 Å². The Morgan fingerprint density at radius 3 is 3.04 bits per heavy atom.